The molecule has 0 unspecified atom stereocenters. The maximum absolute atomic E-state index is 12.4. The molecule has 0 aliphatic heterocycles. The van der Waals surface area contributed by atoms with Crippen molar-refractivity contribution in [2.45, 2.75) is 11.3 Å². The van der Waals surface area contributed by atoms with Gasteiger partial charge < -0.3 is 14.8 Å². The van der Waals surface area contributed by atoms with Crippen LogP contribution in [-0.2, 0) is 6.42 Å². The molecule has 0 aromatic heterocycles. The normalized spacial score (nSPS) is 10.2. The largest absolute Gasteiger partial charge is 0.493 e. The lowest BCUT2D eigenvalue weighted by atomic mass is 10.0. The summed E-state index contributed by atoms with van der Waals surface area (Å²) in [7, 11) is 3.15. The summed E-state index contributed by atoms with van der Waals surface area (Å²) in [6.07, 6.45) is 2.37. The zero-order valence-corrected chi connectivity index (χ0v) is 15.4. The number of hydrogen-bond acceptors (Lipinski definition) is 4. The van der Waals surface area contributed by atoms with Crippen molar-refractivity contribution >= 4 is 17.7 Å². The zero-order valence-electron chi connectivity index (χ0n) is 14.6. The topological polar surface area (TPSA) is 47.6 Å². The number of carbonyl (C=O) groups excluding carboxylic acids is 1. The highest BCUT2D eigenvalue weighted by Crippen LogP contribution is 2.33. The summed E-state index contributed by atoms with van der Waals surface area (Å²) in [5.74, 6) is 1.87. The van der Waals surface area contributed by atoms with Crippen LogP contribution in [0.1, 0.15) is 15.9 Å². The molecule has 0 fully saturated rings. The molecule has 2 aromatic carbocycles. The second-order valence-corrected chi connectivity index (χ2v) is 6.45. The Hall–Kier alpha value is -2.40. The van der Waals surface area contributed by atoms with Crippen LogP contribution in [0.4, 0.5) is 0 Å². The lowest BCUT2D eigenvalue weighted by molar-refractivity contribution is 0.0955. The molecular weight excluding hydrogens is 334 g/mol. The third-order valence-electron chi connectivity index (χ3n) is 3.58. The molecule has 5 heteroatoms. The van der Waals surface area contributed by atoms with Gasteiger partial charge in [0.15, 0.2) is 11.5 Å². The highest BCUT2D eigenvalue weighted by molar-refractivity contribution is 7.99. The van der Waals surface area contributed by atoms with E-state index in [4.69, 9.17) is 9.47 Å². The monoisotopic (exact) mass is 357 g/mol. The van der Waals surface area contributed by atoms with Crippen molar-refractivity contribution in [1.29, 1.82) is 0 Å². The SMILES string of the molecule is C=CCc1cc(C(=O)NCCSc2ccccc2)cc(OC)c1OC. The van der Waals surface area contributed by atoms with Crippen molar-refractivity contribution in [2.24, 2.45) is 0 Å². The molecule has 0 saturated carbocycles. The zero-order chi connectivity index (χ0) is 18.1. The maximum Gasteiger partial charge on any atom is 0.251 e. The number of carbonyl (C=O) groups is 1. The molecule has 0 heterocycles. The van der Waals surface area contributed by atoms with Crippen LogP contribution in [0.3, 0.4) is 0 Å². The van der Waals surface area contributed by atoms with Crippen LogP contribution in [0.25, 0.3) is 0 Å². The summed E-state index contributed by atoms with van der Waals surface area (Å²) in [4.78, 5) is 13.6. The Morgan fingerprint density at radius 2 is 1.96 bits per heavy atom. The Morgan fingerprint density at radius 1 is 1.20 bits per heavy atom. The molecule has 132 valence electrons. The standard InChI is InChI=1S/C20H23NO3S/c1-4-8-15-13-16(14-18(23-2)19(15)24-3)20(22)21-11-12-25-17-9-6-5-7-10-17/h4-7,9-10,13-14H,1,8,11-12H2,2-3H3,(H,21,22). The van der Waals surface area contributed by atoms with Gasteiger partial charge in [0, 0.05) is 28.3 Å². The minimum Gasteiger partial charge on any atom is -0.493 e. The molecule has 2 aromatic rings. The van der Waals surface area contributed by atoms with Crippen LogP contribution >= 0.6 is 11.8 Å². The van der Waals surface area contributed by atoms with Gasteiger partial charge in [-0.2, -0.15) is 0 Å². The first-order valence-electron chi connectivity index (χ1n) is 8.01. The predicted octanol–water partition coefficient (Wildman–Crippen LogP) is 3.95. The van der Waals surface area contributed by atoms with E-state index in [0.29, 0.717) is 30.0 Å². The molecule has 4 nitrogen and oxygen atoms in total. The molecule has 25 heavy (non-hydrogen) atoms. The first-order chi connectivity index (χ1) is 12.2. The minimum absolute atomic E-state index is 0.125. The number of methoxy groups -OCH3 is 2. The third-order valence-corrected chi connectivity index (χ3v) is 4.60. The van der Waals surface area contributed by atoms with Gasteiger partial charge in [-0.05, 0) is 30.7 Å². The van der Waals surface area contributed by atoms with E-state index >= 15 is 0 Å². The van der Waals surface area contributed by atoms with E-state index in [1.165, 1.54) is 4.90 Å². The van der Waals surface area contributed by atoms with Gasteiger partial charge in [0.2, 0.25) is 0 Å². The first-order valence-corrected chi connectivity index (χ1v) is 9.00. The van der Waals surface area contributed by atoms with Gasteiger partial charge in [0.1, 0.15) is 0 Å². The number of thioether (sulfide) groups is 1. The Labute approximate surface area is 153 Å². The summed E-state index contributed by atoms with van der Waals surface area (Å²) in [6.45, 7) is 4.34. The Balaban J connectivity index is 2.00. The molecule has 0 bridgehead atoms. The van der Waals surface area contributed by atoms with E-state index in [-0.39, 0.29) is 5.91 Å². The van der Waals surface area contributed by atoms with E-state index in [9.17, 15) is 4.79 Å². The molecule has 0 atom stereocenters. The maximum atomic E-state index is 12.4. The number of hydrogen-bond donors (Lipinski definition) is 1. The van der Waals surface area contributed by atoms with Gasteiger partial charge in [-0.1, -0.05) is 24.3 Å². The summed E-state index contributed by atoms with van der Waals surface area (Å²) in [5, 5.41) is 2.95. The van der Waals surface area contributed by atoms with Crippen molar-refractivity contribution < 1.29 is 14.3 Å². The van der Waals surface area contributed by atoms with E-state index in [1.807, 2.05) is 24.3 Å². The summed E-state index contributed by atoms with van der Waals surface area (Å²) in [5.41, 5.74) is 1.43. The van der Waals surface area contributed by atoms with Gasteiger partial charge in [0.25, 0.3) is 5.91 Å². The fourth-order valence-electron chi connectivity index (χ4n) is 2.43. The lowest BCUT2D eigenvalue weighted by Gasteiger charge is -2.14. The fourth-order valence-corrected chi connectivity index (χ4v) is 3.22. The summed E-state index contributed by atoms with van der Waals surface area (Å²) >= 11 is 1.71. The van der Waals surface area contributed by atoms with E-state index in [0.717, 1.165) is 11.3 Å². The minimum atomic E-state index is -0.125. The van der Waals surface area contributed by atoms with E-state index in [2.05, 4.69) is 24.0 Å². The molecule has 1 amide bonds. The highest BCUT2D eigenvalue weighted by atomic mass is 32.2. The molecule has 0 aliphatic rings. The van der Waals surface area contributed by atoms with Crippen LogP contribution in [0.5, 0.6) is 11.5 Å². The smallest absolute Gasteiger partial charge is 0.251 e. The molecule has 2 rings (SSSR count). The van der Waals surface area contributed by atoms with Crippen molar-refractivity contribution in [3.63, 3.8) is 0 Å². The number of rotatable bonds is 9. The number of nitrogens with one attached hydrogen (secondary N) is 1. The van der Waals surface area contributed by atoms with Gasteiger partial charge in [0.05, 0.1) is 14.2 Å². The fraction of sp³-hybridized carbons (Fsp3) is 0.250. The Kier molecular flexibility index (Phi) is 7.41. The number of benzene rings is 2. The molecule has 0 aliphatic carbocycles. The average molecular weight is 357 g/mol. The molecule has 0 saturated heterocycles. The van der Waals surface area contributed by atoms with Gasteiger partial charge in [-0.15, -0.1) is 18.3 Å². The highest BCUT2D eigenvalue weighted by Gasteiger charge is 2.15. The van der Waals surface area contributed by atoms with Crippen LogP contribution in [0.2, 0.25) is 0 Å². The van der Waals surface area contributed by atoms with Gasteiger partial charge in [-0.25, -0.2) is 0 Å². The van der Waals surface area contributed by atoms with Crippen molar-refractivity contribution in [2.75, 3.05) is 26.5 Å². The number of allylic oxidation sites excluding steroid dienone is 1. The van der Waals surface area contributed by atoms with Crippen LogP contribution < -0.4 is 14.8 Å². The van der Waals surface area contributed by atoms with E-state index in [1.54, 1.807) is 38.1 Å². The second-order valence-electron chi connectivity index (χ2n) is 5.28. The van der Waals surface area contributed by atoms with Crippen LogP contribution in [-0.4, -0.2) is 32.4 Å². The average Bonchev–Trinajstić information content (AvgIpc) is 2.65. The van der Waals surface area contributed by atoms with Crippen LogP contribution in [0, 0.1) is 0 Å². The number of amides is 1. The quantitative estimate of drug-likeness (QED) is 0.419. The first kappa shape index (κ1) is 18.9. The molecule has 0 spiro atoms. The van der Waals surface area contributed by atoms with Gasteiger partial charge in [-0.3, -0.25) is 4.79 Å². The number of ether oxygens (including phenoxy) is 2. The molecule has 0 radical (unpaired) electrons. The van der Waals surface area contributed by atoms with Crippen molar-refractivity contribution in [3.05, 3.63) is 66.2 Å². The predicted molar refractivity (Wildman–Crippen MR) is 103 cm³/mol. The van der Waals surface area contributed by atoms with E-state index < -0.39 is 0 Å². The third kappa shape index (κ3) is 5.29. The summed E-state index contributed by atoms with van der Waals surface area (Å²) < 4.78 is 10.7. The molecular formula is C20H23NO3S. The van der Waals surface area contributed by atoms with Crippen molar-refractivity contribution in [1.82, 2.24) is 5.32 Å². The van der Waals surface area contributed by atoms with Gasteiger partial charge >= 0.3 is 0 Å². The second kappa shape index (κ2) is 9.79. The van der Waals surface area contributed by atoms with Crippen LogP contribution in [0.15, 0.2) is 60.0 Å². The Morgan fingerprint density at radius 3 is 2.60 bits per heavy atom. The molecule has 1 N–H and O–H groups in total. The summed E-state index contributed by atoms with van der Waals surface area (Å²) in [6, 6.07) is 13.6. The van der Waals surface area contributed by atoms with Crippen molar-refractivity contribution in [3.8, 4) is 11.5 Å². The lowest BCUT2D eigenvalue weighted by Crippen LogP contribution is -2.26. The Bertz CT molecular complexity index is 716.